The van der Waals surface area contributed by atoms with Crippen molar-refractivity contribution in [3.63, 3.8) is 0 Å². The highest BCUT2D eigenvalue weighted by molar-refractivity contribution is 5.88. The van der Waals surface area contributed by atoms with Gasteiger partial charge in [-0.15, -0.1) is 0 Å². The summed E-state index contributed by atoms with van der Waals surface area (Å²) in [4.78, 5) is 24.6. The maximum Gasteiger partial charge on any atom is 0.258 e. The Morgan fingerprint density at radius 1 is 0.821 bits per heavy atom. The van der Waals surface area contributed by atoms with Gasteiger partial charge in [0.05, 0.1) is 12.1 Å². The van der Waals surface area contributed by atoms with Crippen molar-refractivity contribution in [3.8, 4) is 16.9 Å². The van der Waals surface area contributed by atoms with E-state index in [1.807, 2.05) is 53.1 Å². The molecule has 1 aromatic heterocycles. The molecule has 0 bridgehead atoms. The van der Waals surface area contributed by atoms with Gasteiger partial charge in [-0.2, -0.15) is 0 Å². The molecule has 210 valence electrons. The molecule has 2 aromatic carbocycles. The normalized spacial score (nSPS) is 11.1. The Hall–Kier alpha value is -3.14. The minimum absolute atomic E-state index is 0.0819. The monoisotopic (exact) mass is 529 g/mol. The smallest absolute Gasteiger partial charge is 0.258 e. The summed E-state index contributed by atoms with van der Waals surface area (Å²) in [7, 11) is 0. The molecule has 0 N–H and O–H groups in total. The topological polar surface area (TPSA) is 48.3 Å². The largest absolute Gasteiger partial charge is 0.494 e. The number of hydrogen-bond acceptors (Lipinski definition) is 3. The van der Waals surface area contributed by atoms with Crippen LogP contribution in [0, 0.1) is 0 Å². The van der Waals surface area contributed by atoms with E-state index in [-0.39, 0.29) is 11.3 Å². The second-order valence-corrected chi connectivity index (χ2v) is 10.6. The van der Waals surface area contributed by atoms with E-state index in [4.69, 9.17) is 4.74 Å². The van der Waals surface area contributed by atoms with Gasteiger partial charge >= 0.3 is 0 Å². The van der Waals surface area contributed by atoms with E-state index < -0.39 is 0 Å². The van der Waals surface area contributed by atoms with Crippen molar-refractivity contribution in [2.24, 2.45) is 0 Å². The Labute approximate surface area is 235 Å². The van der Waals surface area contributed by atoms with Gasteiger partial charge in [-0.3, -0.25) is 9.59 Å². The van der Waals surface area contributed by atoms with Crippen LogP contribution in [-0.4, -0.2) is 17.0 Å². The number of fused-ring (bicyclic) bond motifs is 1. The number of pyridine rings is 1. The van der Waals surface area contributed by atoms with Gasteiger partial charge in [-0.1, -0.05) is 108 Å². The lowest BCUT2D eigenvalue weighted by Gasteiger charge is -2.13. The molecule has 0 fully saturated rings. The van der Waals surface area contributed by atoms with Crippen LogP contribution in [-0.2, 0) is 11.3 Å². The van der Waals surface area contributed by atoms with Crippen LogP contribution in [0.3, 0.4) is 0 Å². The number of allylic oxidation sites excluding steroid dienone is 1. The van der Waals surface area contributed by atoms with Crippen molar-refractivity contribution in [2.45, 2.75) is 103 Å². The Morgan fingerprint density at radius 2 is 1.46 bits per heavy atom. The molecular weight excluding hydrogens is 482 g/mol. The third-order valence-corrected chi connectivity index (χ3v) is 7.47. The third-order valence-electron chi connectivity index (χ3n) is 7.47. The van der Waals surface area contributed by atoms with E-state index in [2.05, 4.69) is 19.6 Å². The first-order valence-electron chi connectivity index (χ1n) is 15.1. The highest BCUT2D eigenvalue weighted by Gasteiger charge is 2.11. The van der Waals surface area contributed by atoms with E-state index in [9.17, 15) is 9.59 Å². The molecule has 4 nitrogen and oxygen atoms in total. The lowest BCUT2D eigenvalue weighted by molar-refractivity contribution is -0.114. The predicted molar refractivity (Wildman–Crippen MR) is 165 cm³/mol. The number of ether oxygens (including phenoxy) is 1. The summed E-state index contributed by atoms with van der Waals surface area (Å²) in [5, 5.41) is 1.10. The van der Waals surface area contributed by atoms with Gasteiger partial charge in [-0.05, 0) is 60.6 Å². The fourth-order valence-corrected chi connectivity index (χ4v) is 5.11. The third kappa shape index (κ3) is 10.2. The molecule has 3 rings (SSSR count). The SMILES string of the molecule is C=CC(=O)CCCCCCCCCCCCOc1ccc(-c2cc3ccccc3n(CCCCC)c2=O)cc1. The van der Waals surface area contributed by atoms with Crippen LogP contribution in [0.1, 0.15) is 96.8 Å². The van der Waals surface area contributed by atoms with Gasteiger partial charge in [0, 0.05) is 18.5 Å². The molecule has 0 unspecified atom stereocenters. The number of unbranched alkanes of at least 4 members (excludes halogenated alkanes) is 11. The van der Waals surface area contributed by atoms with Crippen molar-refractivity contribution in [1.82, 2.24) is 4.57 Å². The first-order valence-corrected chi connectivity index (χ1v) is 15.1. The van der Waals surface area contributed by atoms with Crippen molar-refractivity contribution in [3.05, 3.63) is 77.6 Å². The Bertz CT molecular complexity index is 1210. The first-order chi connectivity index (χ1) is 19.1. The number of aromatic nitrogens is 1. The lowest BCUT2D eigenvalue weighted by Crippen LogP contribution is -2.22. The molecule has 0 amide bonds. The van der Waals surface area contributed by atoms with E-state index >= 15 is 0 Å². The summed E-state index contributed by atoms with van der Waals surface area (Å²) in [6.45, 7) is 7.18. The van der Waals surface area contributed by atoms with Gasteiger partial charge in [0.2, 0.25) is 0 Å². The molecule has 0 aliphatic carbocycles. The number of carbonyl (C=O) groups is 1. The standard InChI is InChI=1S/C35H47NO3/c1-3-5-17-26-36-34-21-16-15-19-30(34)28-33(35(36)38)29-22-24-32(25-23-29)39-27-18-13-11-9-7-6-8-10-12-14-20-31(37)4-2/h4,15-16,19,21-25,28H,2-3,5-14,17-18,20,26-27H2,1H3. The van der Waals surface area contributed by atoms with Gasteiger partial charge in [0.15, 0.2) is 5.78 Å². The molecule has 39 heavy (non-hydrogen) atoms. The minimum atomic E-state index is 0.0819. The summed E-state index contributed by atoms with van der Waals surface area (Å²) < 4.78 is 7.92. The second-order valence-electron chi connectivity index (χ2n) is 10.6. The van der Waals surface area contributed by atoms with Gasteiger partial charge in [-0.25, -0.2) is 0 Å². The minimum Gasteiger partial charge on any atom is -0.494 e. The van der Waals surface area contributed by atoms with Crippen LogP contribution >= 0.6 is 0 Å². The molecule has 1 heterocycles. The van der Waals surface area contributed by atoms with Crippen LogP contribution < -0.4 is 10.3 Å². The number of carbonyl (C=O) groups excluding carboxylic acids is 1. The zero-order valence-electron chi connectivity index (χ0n) is 24.0. The fourth-order valence-electron chi connectivity index (χ4n) is 5.11. The summed E-state index contributed by atoms with van der Waals surface area (Å²) in [5.74, 6) is 1.03. The number of ketones is 1. The zero-order chi connectivity index (χ0) is 27.7. The van der Waals surface area contributed by atoms with Gasteiger partial charge in [0.25, 0.3) is 5.56 Å². The molecule has 0 atom stereocenters. The van der Waals surface area contributed by atoms with Crippen LogP contribution in [0.4, 0.5) is 0 Å². The van der Waals surface area contributed by atoms with Gasteiger partial charge < -0.3 is 9.30 Å². The Morgan fingerprint density at radius 3 is 2.13 bits per heavy atom. The lowest BCUT2D eigenvalue weighted by atomic mass is 10.0. The molecule has 0 saturated carbocycles. The van der Waals surface area contributed by atoms with Crippen molar-refractivity contribution in [2.75, 3.05) is 6.61 Å². The quantitative estimate of drug-likeness (QED) is 0.108. The maximum atomic E-state index is 13.4. The molecule has 4 heteroatoms. The van der Waals surface area contributed by atoms with E-state index in [1.54, 1.807) is 0 Å². The molecule has 0 aliphatic heterocycles. The van der Waals surface area contributed by atoms with Crippen LogP contribution in [0.2, 0.25) is 0 Å². The number of para-hydroxylation sites is 1. The van der Waals surface area contributed by atoms with Crippen LogP contribution in [0.25, 0.3) is 22.0 Å². The summed E-state index contributed by atoms with van der Waals surface area (Å²) in [5.41, 5.74) is 2.78. The molecular formula is C35H47NO3. The summed E-state index contributed by atoms with van der Waals surface area (Å²) >= 11 is 0. The van der Waals surface area contributed by atoms with Crippen molar-refractivity contribution < 1.29 is 9.53 Å². The van der Waals surface area contributed by atoms with E-state index in [0.717, 1.165) is 79.5 Å². The summed E-state index contributed by atoms with van der Waals surface area (Å²) in [6, 6.07) is 18.2. The molecule has 0 aliphatic rings. The van der Waals surface area contributed by atoms with Crippen molar-refractivity contribution >= 4 is 16.7 Å². The predicted octanol–water partition coefficient (Wildman–Crippen LogP) is 9.28. The number of rotatable bonds is 20. The Kier molecular flexibility index (Phi) is 13.6. The molecule has 0 saturated heterocycles. The highest BCUT2D eigenvalue weighted by Crippen LogP contribution is 2.24. The van der Waals surface area contributed by atoms with Crippen LogP contribution in [0.5, 0.6) is 5.75 Å². The Balaban J connectivity index is 1.38. The average molecular weight is 530 g/mol. The number of hydrogen-bond donors (Lipinski definition) is 0. The summed E-state index contributed by atoms with van der Waals surface area (Å²) in [6.07, 6.45) is 17.4. The second kappa shape index (κ2) is 17.4. The van der Waals surface area contributed by atoms with E-state index in [0.29, 0.717) is 6.42 Å². The molecule has 0 radical (unpaired) electrons. The number of benzene rings is 2. The number of nitrogens with zero attached hydrogens (tertiary/aromatic N) is 1. The van der Waals surface area contributed by atoms with Crippen LogP contribution in [0.15, 0.2) is 72.0 Å². The fraction of sp³-hybridized carbons (Fsp3) is 0.486. The first kappa shape index (κ1) is 30.4. The van der Waals surface area contributed by atoms with E-state index in [1.165, 1.54) is 51.0 Å². The number of aryl methyl sites for hydroxylation is 1. The zero-order valence-corrected chi connectivity index (χ0v) is 24.0. The average Bonchev–Trinajstić information content (AvgIpc) is 2.96. The van der Waals surface area contributed by atoms with Gasteiger partial charge in [0.1, 0.15) is 5.75 Å². The molecule has 3 aromatic rings. The molecule has 0 spiro atoms. The highest BCUT2D eigenvalue weighted by atomic mass is 16.5. The van der Waals surface area contributed by atoms with Crippen molar-refractivity contribution in [1.29, 1.82) is 0 Å². The maximum absolute atomic E-state index is 13.4.